The lowest BCUT2D eigenvalue weighted by Gasteiger charge is -2.32. The highest BCUT2D eigenvalue weighted by Crippen LogP contribution is 2.39. The molecule has 0 bridgehead atoms. The highest BCUT2D eigenvalue weighted by atomic mass is 16.4. The van der Waals surface area contributed by atoms with Crippen molar-refractivity contribution in [3.63, 3.8) is 0 Å². The molecule has 0 saturated carbocycles. The number of aryl methyl sites for hydroxylation is 2. The summed E-state index contributed by atoms with van der Waals surface area (Å²) in [6.07, 6.45) is 2.46. The molecule has 1 N–H and O–H groups in total. The molecule has 2 rings (SSSR count). The summed E-state index contributed by atoms with van der Waals surface area (Å²) in [6.45, 7) is 6.40. The van der Waals surface area contributed by atoms with Crippen molar-refractivity contribution in [3.05, 3.63) is 34.4 Å². The molecule has 2 unspecified atom stereocenters. The van der Waals surface area contributed by atoms with E-state index >= 15 is 0 Å². The first-order valence-corrected chi connectivity index (χ1v) is 6.31. The van der Waals surface area contributed by atoms with Crippen molar-refractivity contribution < 1.29 is 9.90 Å². The molecule has 1 aliphatic carbocycles. The fourth-order valence-corrected chi connectivity index (χ4v) is 3.08. The third-order valence-electron chi connectivity index (χ3n) is 3.98. The fourth-order valence-electron chi connectivity index (χ4n) is 3.08. The van der Waals surface area contributed by atoms with Gasteiger partial charge < -0.3 is 5.11 Å². The van der Waals surface area contributed by atoms with Crippen molar-refractivity contribution in [2.24, 2.45) is 5.92 Å². The van der Waals surface area contributed by atoms with Crippen LogP contribution in [0.5, 0.6) is 0 Å². The van der Waals surface area contributed by atoms with Crippen LogP contribution in [0, 0.1) is 19.8 Å². The summed E-state index contributed by atoms with van der Waals surface area (Å²) in [7, 11) is 0. The molecule has 0 radical (unpaired) electrons. The molecule has 1 aromatic carbocycles. The van der Waals surface area contributed by atoms with Crippen molar-refractivity contribution in [2.45, 2.75) is 46.0 Å². The van der Waals surface area contributed by atoms with Gasteiger partial charge in [0.05, 0.1) is 6.42 Å². The number of aliphatic carboxylic acids is 1. The predicted molar refractivity (Wildman–Crippen MR) is 68.4 cm³/mol. The van der Waals surface area contributed by atoms with Gasteiger partial charge in [0.2, 0.25) is 0 Å². The van der Waals surface area contributed by atoms with E-state index in [1.54, 1.807) is 0 Å². The molecule has 2 heteroatoms. The molecular weight excluding hydrogens is 212 g/mol. The first-order valence-electron chi connectivity index (χ1n) is 6.31. The maximum absolute atomic E-state index is 11.0. The van der Waals surface area contributed by atoms with Gasteiger partial charge >= 0.3 is 5.97 Å². The molecule has 2 nitrogen and oxygen atoms in total. The van der Waals surface area contributed by atoms with Gasteiger partial charge in [-0.3, -0.25) is 4.79 Å². The molecule has 1 aliphatic rings. The minimum Gasteiger partial charge on any atom is -0.481 e. The highest BCUT2D eigenvalue weighted by Gasteiger charge is 2.29. The zero-order valence-corrected chi connectivity index (χ0v) is 10.8. The minimum atomic E-state index is -0.686. The van der Waals surface area contributed by atoms with Crippen LogP contribution in [0.25, 0.3) is 0 Å². The van der Waals surface area contributed by atoms with Crippen molar-refractivity contribution >= 4 is 5.97 Å². The molecule has 0 aromatic heterocycles. The van der Waals surface area contributed by atoms with Crippen molar-refractivity contribution in [3.8, 4) is 0 Å². The van der Waals surface area contributed by atoms with E-state index in [2.05, 4.69) is 32.9 Å². The fraction of sp³-hybridized carbons (Fsp3) is 0.533. The quantitative estimate of drug-likeness (QED) is 0.848. The Bertz CT molecular complexity index is 448. The topological polar surface area (TPSA) is 37.3 Å². The van der Waals surface area contributed by atoms with Crippen LogP contribution < -0.4 is 0 Å². The van der Waals surface area contributed by atoms with E-state index in [9.17, 15) is 4.79 Å². The summed E-state index contributed by atoms with van der Waals surface area (Å²) < 4.78 is 0. The van der Waals surface area contributed by atoms with Gasteiger partial charge in [0.25, 0.3) is 0 Å². The Morgan fingerprint density at radius 1 is 1.41 bits per heavy atom. The molecular formula is C15H20O2. The zero-order valence-electron chi connectivity index (χ0n) is 10.8. The molecule has 0 fully saturated rings. The molecule has 17 heavy (non-hydrogen) atoms. The maximum atomic E-state index is 11.0. The van der Waals surface area contributed by atoms with Crippen LogP contribution in [-0.2, 0) is 11.2 Å². The summed E-state index contributed by atoms with van der Waals surface area (Å²) in [4.78, 5) is 11.0. The molecule has 0 saturated heterocycles. The Hall–Kier alpha value is -1.31. The number of hydrogen-bond acceptors (Lipinski definition) is 1. The molecule has 2 atom stereocenters. The molecule has 0 spiro atoms. The summed E-state index contributed by atoms with van der Waals surface area (Å²) in [5, 5.41) is 9.05. The van der Waals surface area contributed by atoms with Gasteiger partial charge in [0.15, 0.2) is 0 Å². The first-order chi connectivity index (χ1) is 7.99. The lowest BCUT2D eigenvalue weighted by molar-refractivity contribution is -0.137. The van der Waals surface area contributed by atoms with E-state index in [0.717, 1.165) is 12.8 Å². The highest BCUT2D eigenvalue weighted by molar-refractivity contribution is 5.68. The Kier molecular flexibility index (Phi) is 3.23. The largest absolute Gasteiger partial charge is 0.481 e. The van der Waals surface area contributed by atoms with Crippen LogP contribution in [0.3, 0.4) is 0 Å². The smallest absolute Gasteiger partial charge is 0.303 e. The van der Waals surface area contributed by atoms with E-state index in [1.807, 2.05) is 0 Å². The number of carbonyl (C=O) groups is 1. The Balaban J connectivity index is 2.46. The lowest BCUT2D eigenvalue weighted by Crippen LogP contribution is -2.22. The van der Waals surface area contributed by atoms with Gasteiger partial charge in [-0.15, -0.1) is 0 Å². The standard InChI is InChI=1S/C15H20O2/c1-9-6-11(3)12-5-4-10(2)13(8-15(16)17)14(12)7-9/h6-7,10,13H,4-5,8H2,1-3H3,(H,16,17). The van der Waals surface area contributed by atoms with Crippen LogP contribution in [0.15, 0.2) is 12.1 Å². The number of benzene rings is 1. The van der Waals surface area contributed by atoms with Crippen LogP contribution in [-0.4, -0.2) is 11.1 Å². The first kappa shape index (κ1) is 12.2. The van der Waals surface area contributed by atoms with Gasteiger partial charge in [-0.1, -0.05) is 24.6 Å². The average Bonchev–Trinajstić information content (AvgIpc) is 2.21. The number of hydrogen-bond donors (Lipinski definition) is 1. The number of carboxylic acid groups (broad SMARTS) is 1. The zero-order chi connectivity index (χ0) is 12.6. The minimum absolute atomic E-state index is 0.190. The third kappa shape index (κ3) is 2.36. The van der Waals surface area contributed by atoms with Crippen LogP contribution in [0.2, 0.25) is 0 Å². The monoisotopic (exact) mass is 232 g/mol. The van der Waals surface area contributed by atoms with Crippen LogP contribution in [0.1, 0.15) is 47.9 Å². The maximum Gasteiger partial charge on any atom is 0.303 e. The van der Waals surface area contributed by atoms with Crippen molar-refractivity contribution in [2.75, 3.05) is 0 Å². The second-order valence-corrected chi connectivity index (χ2v) is 5.37. The van der Waals surface area contributed by atoms with Gasteiger partial charge in [-0.05, 0) is 55.2 Å². The number of rotatable bonds is 2. The van der Waals surface area contributed by atoms with Crippen molar-refractivity contribution in [1.82, 2.24) is 0 Å². The second kappa shape index (κ2) is 4.52. The predicted octanol–water partition coefficient (Wildman–Crippen LogP) is 3.44. The van der Waals surface area contributed by atoms with Gasteiger partial charge in [-0.25, -0.2) is 0 Å². The molecule has 1 aromatic rings. The Labute approximate surface area is 103 Å². The van der Waals surface area contributed by atoms with E-state index in [-0.39, 0.29) is 12.3 Å². The molecule has 0 heterocycles. The van der Waals surface area contributed by atoms with E-state index in [0.29, 0.717) is 5.92 Å². The van der Waals surface area contributed by atoms with E-state index in [1.165, 1.54) is 22.3 Å². The molecule has 0 aliphatic heterocycles. The second-order valence-electron chi connectivity index (χ2n) is 5.37. The number of carboxylic acids is 1. The summed E-state index contributed by atoms with van der Waals surface area (Å²) in [5.41, 5.74) is 5.23. The Morgan fingerprint density at radius 3 is 2.76 bits per heavy atom. The summed E-state index contributed by atoms with van der Waals surface area (Å²) in [5.74, 6) is -0.0245. The molecule has 92 valence electrons. The average molecular weight is 232 g/mol. The van der Waals surface area contributed by atoms with Crippen molar-refractivity contribution in [1.29, 1.82) is 0 Å². The van der Waals surface area contributed by atoms with Crippen LogP contribution >= 0.6 is 0 Å². The normalized spacial score (nSPS) is 23.2. The third-order valence-corrected chi connectivity index (χ3v) is 3.98. The Morgan fingerprint density at radius 2 is 2.12 bits per heavy atom. The molecule has 0 amide bonds. The van der Waals surface area contributed by atoms with Gasteiger partial charge in [0, 0.05) is 0 Å². The summed E-state index contributed by atoms with van der Waals surface area (Å²) >= 11 is 0. The number of fused-ring (bicyclic) bond motifs is 1. The van der Waals surface area contributed by atoms with E-state index in [4.69, 9.17) is 5.11 Å². The summed E-state index contributed by atoms with van der Waals surface area (Å²) in [6, 6.07) is 4.39. The van der Waals surface area contributed by atoms with Gasteiger partial charge in [-0.2, -0.15) is 0 Å². The van der Waals surface area contributed by atoms with E-state index < -0.39 is 5.97 Å². The SMILES string of the molecule is Cc1cc(C)c2c(c1)C(CC(=O)O)C(C)CC2. The van der Waals surface area contributed by atoms with Gasteiger partial charge in [0.1, 0.15) is 0 Å². The lowest BCUT2D eigenvalue weighted by atomic mass is 9.73. The van der Waals surface area contributed by atoms with Crippen LogP contribution in [0.4, 0.5) is 0 Å².